The average molecular weight is 309 g/mol. The third-order valence-corrected chi connectivity index (χ3v) is 0. The molecule has 0 aromatic heterocycles. The predicted molar refractivity (Wildman–Crippen MR) is 2.06 cm³/mol. The third kappa shape index (κ3) is 37.7. The molecule has 0 fully saturated rings. The van der Waals surface area contributed by atoms with Crippen LogP contribution in [0, 0.1) is 0 Å². The maximum atomic E-state index is 8.60. The van der Waals surface area contributed by atoms with Crippen LogP contribution in [0.25, 0.3) is 0 Å². The van der Waals surface area contributed by atoms with Crippen LogP contribution in [0.4, 0.5) is 0 Å². The van der Waals surface area contributed by atoms with Crippen molar-refractivity contribution >= 4 is 0 Å². The summed E-state index contributed by atoms with van der Waals surface area (Å²) in [5.74, 6) is 0. The van der Waals surface area contributed by atoms with E-state index in [0.29, 0.717) is 0 Å². The van der Waals surface area contributed by atoms with Crippen molar-refractivity contribution in [1.29, 1.82) is 0 Å². The fourth-order valence-electron chi connectivity index (χ4n) is 0. The van der Waals surface area contributed by atoms with Crippen LogP contribution in [-0.4, -0.2) is 0 Å². The Morgan fingerprint density at radius 3 is 1.00 bits per heavy atom. The molecule has 0 atom stereocenters. The van der Waals surface area contributed by atoms with Crippen LogP contribution in [0.1, 0.15) is 0 Å². The second-order valence-corrected chi connectivity index (χ2v) is 1.55. The molecule has 3 nitrogen and oxygen atoms in total. The minimum absolute atomic E-state index is 0. The summed E-state index contributed by atoms with van der Waals surface area (Å²) in [5.41, 5.74) is 0. The molecular formula is ClKO3Re. The quantitative estimate of drug-likeness (QED) is 0.418. The Labute approximate surface area is 88.9 Å². The van der Waals surface area contributed by atoms with Crippen molar-refractivity contribution in [2.45, 2.75) is 0 Å². The van der Waals surface area contributed by atoms with Gasteiger partial charge in [0.25, 0.3) is 0 Å². The van der Waals surface area contributed by atoms with Crippen molar-refractivity contribution in [2.24, 2.45) is 0 Å². The summed E-state index contributed by atoms with van der Waals surface area (Å²) < 4.78 is 25.8. The zero-order chi connectivity index (χ0) is 3.58. The van der Waals surface area contributed by atoms with Crippen LogP contribution >= 0.6 is 0 Å². The zero-order valence-electron chi connectivity index (χ0n) is 2.98. The molecular weight excluding hydrogens is 309 g/mol. The molecule has 0 aliphatic rings. The van der Waals surface area contributed by atoms with Gasteiger partial charge < -0.3 is 12.4 Å². The average Bonchev–Trinajstić information content (AvgIpc) is 0.811. The van der Waals surface area contributed by atoms with Crippen LogP contribution in [-0.2, 0) is 27.0 Å². The standard InChI is InChI=1S/ClH.K.3O.Re/h1H;;;;;/q;+1;;;;/p-1. The van der Waals surface area contributed by atoms with Gasteiger partial charge in [0.15, 0.2) is 0 Å². The molecule has 6 heteroatoms. The fourth-order valence-corrected chi connectivity index (χ4v) is 0. The van der Waals surface area contributed by atoms with Crippen LogP contribution in [0.3, 0.4) is 0 Å². The van der Waals surface area contributed by atoms with Gasteiger partial charge in [-0.2, -0.15) is 0 Å². The topological polar surface area (TPSA) is 51.2 Å². The molecule has 6 heavy (non-hydrogen) atoms. The second-order valence-electron chi connectivity index (χ2n) is 0.189. The SMILES string of the molecule is [Cl-].[K+].[O]=[Re](=[O])=[O]. The molecule has 0 heterocycles. The van der Waals surface area contributed by atoms with E-state index in [1.165, 1.54) is 0 Å². The first-order chi connectivity index (χ1) is 1.73. The van der Waals surface area contributed by atoms with Crippen molar-refractivity contribution in [2.75, 3.05) is 0 Å². The van der Waals surface area contributed by atoms with Gasteiger partial charge in [-0.15, -0.1) is 0 Å². The summed E-state index contributed by atoms with van der Waals surface area (Å²) in [6, 6.07) is 0. The van der Waals surface area contributed by atoms with Crippen molar-refractivity contribution in [3.05, 3.63) is 0 Å². The molecule has 0 aromatic carbocycles. The first-order valence-corrected chi connectivity index (χ1v) is 3.79. The Bertz CT molecular complexity index is 80.2. The molecule has 0 aromatic rings. The van der Waals surface area contributed by atoms with E-state index in [-0.39, 0.29) is 63.8 Å². The predicted octanol–water partition coefficient (Wildman–Crippen LogP) is -6.35. The van der Waals surface area contributed by atoms with E-state index in [9.17, 15) is 0 Å². The van der Waals surface area contributed by atoms with Crippen molar-refractivity contribution in [3.8, 4) is 0 Å². The molecule has 0 radical (unpaired) electrons. The number of hydrogen-bond acceptors (Lipinski definition) is 3. The van der Waals surface area contributed by atoms with Gasteiger partial charge in [-0.25, -0.2) is 0 Å². The summed E-state index contributed by atoms with van der Waals surface area (Å²) >= 11 is -4.21. The first-order valence-electron chi connectivity index (χ1n) is 0.463. The Morgan fingerprint density at radius 1 is 1.00 bits per heavy atom. The molecule has 0 spiro atoms. The molecule has 0 unspecified atom stereocenters. The first kappa shape index (κ1) is 15.7. The van der Waals surface area contributed by atoms with Gasteiger partial charge in [-0.3, -0.25) is 0 Å². The summed E-state index contributed by atoms with van der Waals surface area (Å²) in [5, 5.41) is 0. The van der Waals surface area contributed by atoms with Crippen molar-refractivity contribution in [1.82, 2.24) is 0 Å². The Hall–Kier alpha value is 1.99. The minimum atomic E-state index is -4.21. The van der Waals surface area contributed by atoms with Crippen LogP contribution in [0.5, 0.6) is 0 Å². The van der Waals surface area contributed by atoms with E-state index in [2.05, 4.69) is 0 Å². The summed E-state index contributed by atoms with van der Waals surface area (Å²) in [7, 11) is 0. The normalized spacial score (nSPS) is 4.00. The van der Waals surface area contributed by atoms with Gasteiger partial charge >= 0.3 is 78.4 Å². The van der Waals surface area contributed by atoms with Gasteiger partial charge in [0.1, 0.15) is 0 Å². The number of halogens is 1. The van der Waals surface area contributed by atoms with E-state index in [4.69, 9.17) is 10.4 Å². The van der Waals surface area contributed by atoms with Crippen molar-refractivity contribution < 1.29 is 90.8 Å². The van der Waals surface area contributed by atoms with Gasteiger partial charge in [-0.05, 0) is 0 Å². The van der Waals surface area contributed by atoms with Crippen LogP contribution in [0.15, 0.2) is 0 Å². The second kappa shape index (κ2) is 10.1. The van der Waals surface area contributed by atoms with Gasteiger partial charge in [0.2, 0.25) is 0 Å². The molecule has 0 amide bonds. The van der Waals surface area contributed by atoms with E-state index >= 15 is 0 Å². The molecule has 0 bridgehead atoms. The summed E-state index contributed by atoms with van der Waals surface area (Å²) in [6.45, 7) is 0. The summed E-state index contributed by atoms with van der Waals surface area (Å²) in [4.78, 5) is 0. The van der Waals surface area contributed by atoms with Crippen LogP contribution < -0.4 is 63.8 Å². The number of hydrogen-bond donors (Lipinski definition) is 0. The molecule has 0 N–H and O–H groups in total. The number of rotatable bonds is 0. The van der Waals surface area contributed by atoms with Gasteiger partial charge in [-0.1, -0.05) is 0 Å². The van der Waals surface area contributed by atoms with E-state index in [1.807, 2.05) is 0 Å². The molecule has 0 aliphatic carbocycles. The zero-order valence-corrected chi connectivity index (χ0v) is 9.58. The Morgan fingerprint density at radius 2 is 1.00 bits per heavy atom. The molecule has 0 rings (SSSR count). The molecule has 0 saturated heterocycles. The maximum absolute atomic E-state index is 8.60. The van der Waals surface area contributed by atoms with Crippen LogP contribution in [0.2, 0.25) is 0 Å². The summed E-state index contributed by atoms with van der Waals surface area (Å²) in [6.07, 6.45) is 0. The monoisotopic (exact) mass is 309 g/mol. The fraction of sp³-hybridized carbons (Fsp3) is 0. The van der Waals surface area contributed by atoms with Crippen molar-refractivity contribution in [3.63, 3.8) is 0 Å². The Kier molecular flexibility index (Phi) is 26.3. The Balaban J connectivity index is -0.0000000450. The molecule has 33 valence electrons. The van der Waals surface area contributed by atoms with E-state index < -0.39 is 16.6 Å². The molecule has 0 aliphatic heterocycles. The van der Waals surface area contributed by atoms with E-state index in [1.54, 1.807) is 0 Å². The van der Waals surface area contributed by atoms with Gasteiger partial charge in [0.05, 0.1) is 0 Å². The van der Waals surface area contributed by atoms with Gasteiger partial charge in [0, 0.05) is 0 Å². The van der Waals surface area contributed by atoms with E-state index in [0.717, 1.165) is 0 Å². The molecule has 0 saturated carbocycles. The third-order valence-electron chi connectivity index (χ3n) is 0.